The summed E-state index contributed by atoms with van der Waals surface area (Å²) in [5.41, 5.74) is 0.851. The standard InChI is InChI=1S/C12H12O3S/c1-16(13,14)15-9-10-6-7-11-4-2-3-5-12(11)8-10/h2-8H,9H2,1H3. The molecule has 16 heavy (non-hydrogen) atoms. The molecular weight excluding hydrogens is 224 g/mol. The van der Waals surface area contributed by atoms with Crippen molar-refractivity contribution < 1.29 is 12.6 Å². The maximum atomic E-state index is 10.8. The Balaban J connectivity index is 2.26. The minimum atomic E-state index is -3.38. The lowest BCUT2D eigenvalue weighted by atomic mass is 10.1. The zero-order chi connectivity index (χ0) is 11.6. The molecule has 0 saturated carbocycles. The van der Waals surface area contributed by atoms with Gasteiger partial charge in [-0.1, -0.05) is 36.4 Å². The maximum Gasteiger partial charge on any atom is 0.264 e. The highest BCUT2D eigenvalue weighted by Crippen LogP contribution is 2.16. The zero-order valence-electron chi connectivity index (χ0n) is 8.88. The van der Waals surface area contributed by atoms with Gasteiger partial charge in [0, 0.05) is 0 Å². The molecule has 0 aliphatic rings. The molecule has 2 rings (SSSR count). The molecule has 84 valence electrons. The number of fused-ring (bicyclic) bond motifs is 1. The first kappa shape index (κ1) is 11.1. The van der Waals surface area contributed by atoms with Gasteiger partial charge in [-0.2, -0.15) is 8.42 Å². The molecule has 2 aromatic carbocycles. The van der Waals surface area contributed by atoms with Crippen LogP contribution in [0.4, 0.5) is 0 Å². The van der Waals surface area contributed by atoms with Crippen LogP contribution >= 0.6 is 0 Å². The second-order valence-corrected chi connectivity index (χ2v) is 5.29. The maximum absolute atomic E-state index is 10.8. The molecule has 0 spiro atoms. The van der Waals surface area contributed by atoms with Crippen LogP contribution in [0.25, 0.3) is 10.8 Å². The summed E-state index contributed by atoms with van der Waals surface area (Å²) < 4.78 is 26.4. The Morgan fingerprint density at radius 2 is 1.75 bits per heavy atom. The SMILES string of the molecule is CS(=O)(=O)OCc1ccc2ccccc2c1. The molecule has 0 aliphatic heterocycles. The first-order chi connectivity index (χ1) is 7.54. The molecule has 0 amide bonds. The monoisotopic (exact) mass is 236 g/mol. The summed E-state index contributed by atoms with van der Waals surface area (Å²) in [7, 11) is -3.38. The van der Waals surface area contributed by atoms with E-state index in [1.54, 1.807) is 0 Å². The van der Waals surface area contributed by atoms with Gasteiger partial charge in [0.1, 0.15) is 0 Å². The van der Waals surface area contributed by atoms with Crippen LogP contribution in [0.15, 0.2) is 42.5 Å². The Morgan fingerprint density at radius 1 is 1.06 bits per heavy atom. The van der Waals surface area contributed by atoms with Crippen LogP contribution in [0.2, 0.25) is 0 Å². The highest BCUT2D eigenvalue weighted by Gasteiger charge is 2.02. The van der Waals surface area contributed by atoms with Gasteiger partial charge >= 0.3 is 0 Å². The third-order valence-electron chi connectivity index (χ3n) is 2.25. The predicted octanol–water partition coefficient (Wildman–Crippen LogP) is 2.32. The van der Waals surface area contributed by atoms with E-state index in [4.69, 9.17) is 4.18 Å². The quantitative estimate of drug-likeness (QED) is 0.768. The molecule has 4 heteroatoms. The van der Waals surface area contributed by atoms with Gasteiger partial charge in [-0.25, -0.2) is 0 Å². The molecule has 0 heterocycles. The van der Waals surface area contributed by atoms with E-state index >= 15 is 0 Å². The van der Waals surface area contributed by atoms with Gasteiger partial charge in [0.2, 0.25) is 0 Å². The fourth-order valence-corrected chi connectivity index (χ4v) is 1.85. The number of rotatable bonds is 3. The summed E-state index contributed by atoms with van der Waals surface area (Å²) in [6, 6.07) is 13.7. The van der Waals surface area contributed by atoms with Gasteiger partial charge in [-0.05, 0) is 22.4 Å². The number of benzene rings is 2. The van der Waals surface area contributed by atoms with Gasteiger partial charge in [0.25, 0.3) is 10.1 Å². The molecular formula is C12H12O3S. The van der Waals surface area contributed by atoms with Crippen molar-refractivity contribution in [1.29, 1.82) is 0 Å². The Kier molecular flexibility index (Phi) is 2.94. The van der Waals surface area contributed by atoms with E-state index in [1.165, 1.54) is 0 Å². The van der Waals surface area contributed by atoms with Crippen LogP contribution in [0.1, 0.15) is 5.56 Å². The summed E-state index contributed by atoms with van der Waals surface area (Å²) in [5, 5.41) is 2.21. The fraction of sp³-hybridized carbons (Fsp3) is 0.167. The van der Waals surface area contributed by atoms with E-state index in [0.717, 1.165) is 22.6 Å². The van der Waals surface area contributed by atoms with Gasteiger partial charge < -0.3 is 0 Å². The molecule has 0 aromatic heterocycles. The average Bonchev–Trinajstić information content (AvgIpc) is 2.25. The summed E-state index contributed by atoms with van der Waals surface area (Å²) in [4.78, 5) is 0. The molecule has 0 aliphatic carbocycles. The lowest BCUT2D eigenvalue weighted by molar-refractivity contribution is 0.312. The fourth-order valence-electron chi connectivity index (χ4n) is 1.50. The van der Waals surface area contributed by atoms with Gasteiger partial charge in [0.05, 0.1) is 12.9 Å². The first-order valence-electron chi connectivity index (χ1n) is 4.87. The van der Waals surface area contributed by atoms with Gasteiger partial charge in [-0.15, -0.1) is 0 Å². The minimum absolute atomic E-state index is 0.0870. The summed E-state index contributed by atoms with van der Waals surface area (Å²) >= 11 is 0. The summed E-state index contributed by atoms with van der Waals surface area (Å²) in [6.45, 7) is 0.0870. The highest BCUT2D eigenvalue weighted by atomic mass is 32.2. The zero-order valence-corrected chi connectivity index (χ0v) is 9.70. The largest absolute Gasteiger partial charge is 0.265 e. The third kappa shape index (κ3) is 2.81. The molecule has 3 nitrogen and oxygen atoms in total. The van der Waals surface area contributed by atoms with Crippen molar-refractivity contribution in [3.8, 4) is 0 Å². The van der Waals surface area contributed by atoms with Crippen molar-refractivity contribution in [2.24, 2.45) is 0 Å². The van der Waals surface area contributed by atoms with E-state index in [2.05, 4.69) is 0 Å². The highest BCUT2D eigenvalue weighted by molar-refractivity contribution is 7.85. The van der Waals surface area contributed by atoms with Crippen LogP contribution in [0.3, 0.4) is 0 Å². The van der Waals surface area contributed by atoms with E-state index < -0.39 is 10.1 Å². The van der Waals surface area contributed by atoms with E-state index in [-0.39, 0.29) is 6.61 Å². The Bertz CT molecular complexity index is 602. The first-order valence-corrected chi connectivity index (χ1v) is 6.68. The van der Waals surface area contributed by atoms with Crippen molar-refractivity contribution in [2.75, 3.05) is 6.26 Å². The van der Waals surface area contributed by atoms with Crippen LogP contribution in [0.5, 0.6) is 0 Å². The van der Waals surface area contributed by atoms with Crippen molar-refractivity contribution in [2.45, 2.75) is 6.61 Å². The Labute approximate surface area is 94.8 Å². The smallest absolute Gasteiger partial charge is 0.264 e. The molecule has 2 aromatic rings. The normalized spacial score (nSPS) is 11.8. The Morgan fingerprint density at radius 3 is 2.44 bits per heavy atom. The molecule has 0 radical (unpaired) electrons. The number of hydrogen-bond donors (Lipinski definition) is 0. The molecule has 0 fully saturated rings. The van der Waals surface area contributed by atoms with Gasteiger partial charge in [0.15, 0.2) is 0 Å². The predicted molar refractivity (Wildman–Crippen MR) is 63.6 cm³/mol. The van der Waals surface area contributed by atoms with Crippen LogP contribution in [-0.2, 0) is 20.9 Å². The van der Waals surface area contributed by atoms with Crippen molar-refractivity contribution in [1.82, 2.24) is 0 Å². The molecule has 0 saturated heterocycles. The van der Waals surface area contributed by atoms with Crippen molar-refractivity contribution in [3.05, 3.63) is 48.0 Å². The van der Waals surface area contributed by atoms with Gasteiger partial charge in [-0.3, -0.25) is 4.18 Å². The lowest BCUT2D eigenvalue weighted by Gasteiger charge is -2.03. The third-order valence-corrected chi connectivity index (χ3v) is 2.80. The van der Waals surface area contributed by atoms with Crippen LogP contribution in [-0.4, -0.2) is 14.7 Å². The number of hydrogen-bond acceptors (Lipinski definition) is 3. The summed E-state index contributed by atoms with van der Waals surface area (Å²) in [6.07, 6.45) is 1.05. The minimum Gasteiger partial charge on any atom is -0.265 e. The van der Waals surface area contributed by atoms with Crippen LogP contribution < -0.4 is 0 Å². The molecule has 0 N–H and O–H groups in total. The molecule has 0 atom stereocenters. The van der Waals surface area contributed by atoms with Crippen molar-refractivity contribution in [3.63, 3.8) is 0 Å². The van der Waals surface area contributed by atoms with Crippen molar-refractivity contribution >= 4 is 20.9 Å². The van der Waals surface area contributed by atoms with E-state index in [0.29, 0.717) is 0 Å². The van der Waals surface area contributed by atoms with E-state index in [9.17, 15) is 8.42 Å². The Hall–Kier alpha value is -1.39. The molecule has 0 unspecified atom stereocenters. The average molecular weight is 236 g/mol. The molecule has 0 bridgehead atoms. The lowest BCUT2D eigenvalue weighted by Crippen LogP contribution is -2.02. The van der Waals surface area contributed by atoms with Crippen LogP contribution in [0, 0.1) is 0 Å². The second kappa shape index (κ2) is 4.23. The van der Waals surface area contributed by atoms with E-state index in [1.807, 2.05) is 42.5 Å². The summed E-state index contributed by atoms with van der Waals surface area (Å²) in [5.74, 6) is 0. The second-order valence-electron chi connectivity index (χ2n) is 3.65. The topological polar surface area (TPSA) is 43.4 Å².